The lowest BCUT2D eigenvalue weighted by Gasteiger charge is -2.12. The van der Waals surface area contributed by atoms with E-state index >= 15 is 0 Å². The maximum absolute atomic E-state index is 12.8. The molecule has 0 saturated carbocycles. The molecule has 2 aromatic rings. The largest absolute Gasteiger partial charge is 0.508 e. The molecule has 2 heterocycles. The number of phenols is 1. The number of nitrogens with zero attached hydrogens (tertiary/aromatic N) is 2. The van der Waals surface area contributed by atoms with Gasteiger partial charge in [-0.05, 0) is 24.3 Å². The molecule has 1 amide bonds. The van der Waals surface area contributed by atoms with Crippen molar-refractivity contribution in [3.63, 3.8) is 0 Å². The number of carbonyl (C=O) groups excluding carboxylic acids is 1. The summed E-state index contributed by atoms with van der Waals surface area (Å²) < 4.78 is 34.2. The van der Waals surface area contributed by atoms with Gasteiger partial charge < -0.3 is 5.11 Å². The molecular weight excluding hydrogens is 343 g/mol. The van der Waals surface area contributed by atoms with Crippen molar-refractivity contribution < 1.29 is 22.2 Å². The Labute approximate surface area is 136 Å². The maximum Gasteiger partial charge on any atom is 0.302 e. The number of anilines is 1. The van der Waals surface area contributed by atoms with Gasteiger partial charge in [-0.25, -0.2) is 4.98 Å². The lowest BCUT2D eigenvalue weighted by molar-refractivity contribution is -0.117. The van der Waals surface area contributed by atoms with Crippen molar-refractivity contribution >= 4 is 32.6 Å². The van der Waals surface area contributed by atoms with Crippen LogP contribution in [0.3, 0.4) is 0 Å². The number of hydrogen-bond acceptors (Lipinski definition) is 6. The van der Waals surface area contributed by atoms with Crippen LogP contribution in [0, 0.1) is 5.92 Å². The molecule has 122 valence electrons. The van der Waals surface area contributed by atoms with Crippen LogP contribution in [-0.2, 0) is 15.0 Å². The molecule has 6 nitrogen and oxygen atoms in total. The number of amides is 1. The van der Waals surface area contributed by atoms with Crippen LogP contribution in [0.2, 0.25) is 0 Å². The second-order valence-electron chi connectivity index (χ2n) is 5.34. The lowest BCUT2D eigenvalue weighted by atomic mass is 10.1. The Morgan fingerprint density at radius 3 is 2.70 bits per heavy atom. The summed E-state index contributed by atoms with van der Waals surface area (Å²) in [4.78, 5) is 17.8. The average Bonchev–Trinajstić information content (AvgIpc) is 3.04. The van der Waals surface area contributed by atoms with Crippen LogP contribution in [0.25, 0.3) is 11.3 Å². The number of aromatic hydroxyl groups is 1. The predicted octanol–water partition coefficient (Wildman–Crippen LogP) is 2.17. The van der Waals surface area contributed by atoms with Gasteiger partial charge in [-0.3, -0.25) is 9.69 Å². The molecular formula is C14H13FN2O4S2. The highest BCUT2D eigenvalue weighted by Crippen LogP contribution is 2.32. The molecule has 0 aliphatic carbocycles. The van der Waals surface area contributed by atoms with Crippen molar-refractivity contribution in [1.29, 1.82) is 0 Å². The van der Waals surface area contributed by atoms with E-state index in [4.69, 9.17) is 0 Å². The monoisotopic (exact) mass is 356 g/mol. The van der Waals surface area contributed by atoms with E-state index < -0.39 is 21.9 Å². The zero-order valence-corrected chi connectivity index (χ0v) is 13.5. The van der Waals surface area contributed by atoms with Crippen LogP contribution in [0.15, 0.2) is 29.6 Å². The average molecular weight is 356 g/mol. The van der Waals surface area contributed by atoms with Crippen LogP contribution in [0.4, 0.5) is 9.02 Å². The minimum atomic E-state index is -4.60. The third-order valence-corrected chi connectivity index (χ3v) is 5.26. The number of benzene rings is 1. The first-order chi connectivity index (χ1) is 10.8. The molecule has 1 unspecified atom stereocenters. The molecule has 1 aliphatic rings. The molecule has 1 aromatic heterocycles. The fourth-order valence-corrected chi connectivity index (χ4v) is 4.16. The topological polar surface area (TPSA) is 87.6 Å². The molecule has 1 aromatic carbocycles. The Morgan fingerprint density at radius 2 is 2.04 bits per heavy atom. The summed E-state index contributed by atoms with van der Waals surface area (Å²) in [6.07, 6.45) is -0.00271. The molecule has 1 N–H and O–H groups in total. The number of phenolic OH excluding ortho intramolecular Hbond substituents is 1. The standard InChI is InChI=1S/C14H13FN2O4S2/c15-23(20,21)8-9-5-13(19)17(6-9)14-16-12(7-22-14)10-1-3-11(18)4-2-10/h1-4,7,9,18H,5-6,8H2. The molecule has 1 aliphatic heterocycles. The van der Waals surface area contributed by atoms with E-state index in [1.165, 1.54) is 28.4 Å². The van der Waals surface area contributed by atoms with Crippen molar-refractivity contribution in [2.24, 2.45) is 5.92 Å². The van der Waals surface area contributed by atoms with Gasteiger partial charge in [0.15, 0.2) is 5.13 Å². The Kier molecular flexibility index (Phi) is 4.07. The van der Waals surface area contributed by atoms with Gasteiger partial charge in [-0.15, -0.1) is 15.2 Å². The number of thiazole rings is 1. The van der Waals surface area contributed by atoms with Crippen LogP contribution in [0.1, 0.15) is 6.42 Å². The second kappa shape index (κ2) is 5.89. The normalized spacial score (nSPS) is 18.6. The van der Waals surface area contributed by atoms with E-state index in [1.807, 2.05) is 0 Å². The zero-order chi connectivity index (χ0) is 16.6. The quantitative estimate of drug-likeness (QED) is 0.848. The SMILES string of the molecule is O=C1CC(CS(=O)(=O)F)CN1c1nc(-c2ccc(O)cc2)cs1. The van der Waals surface area contributed by atoms with Crippen molar-refractivity contribution in [2.45, 2.75) is 6.42 Å². The maximum atomic E-state index is 12.8. The second-order valence-corrected chi connectivity index (χ2v) is 7.59. The van der Waals surface area contributed by atoms with E-state index in [1.54, 1.807) is 17.5 Å². The van der Waals surface area contributed by atoms with Gasteiger partial charge in [0.2, 0.25) is 5.91 Å². The summed E-state index contributed by atoms with van der Waals surface area (Å²) in [6, 6.07) is 6.49. The number of aromatic nitrogens is 1. The summed E-state index contributed by atoms with van der Waals surface area (Å²) in [7, 11) is -4.60. The fraction of sp³-hybridized carbons (Fsp3) is 0.286. The molecule has 9 heteroatoms. The van der Waals surface area contributed by atoms with Gasteiger partial charge in [0.1, 0.15) is 5.75 Å². The van der Waals surface area contributed by atoms with Gasteiger partial charge in [-0.2, -0.15) is 8.42 Å². The molecule has 1 saturated heterocycles. The van der Waals surface area contributed by atoms with Gasteiger partial charge >= 0.3 is 10.2 Å². The van der Waals surface area contributed by atoms with Crippen molar-refractivity contribution in [2.75, 3.05) is 17.2 Å². The van der Waals surface area contributed by atoms with E-state index in [-0.39, 0.29) is 24.6 Å². The van der Waals surface area contributed by atoms with E-state index in [2.05, 4.69) is 4.98 Å². The lowest BCUT2D eigenvalue weighted by Crippen LogP contribution is -2.25. The molecule has 0 bridgehead atoms. The summed E-state index contributed by atoms with van der Waals surface area (Å²) >= 11 is 1.26. The number of rotatable bonds is 4. The molecule has 1 fully saturated rings. The highest BCUT2D eigenvalue weighted by molar-refractivity contribution is 7.86. The molecule has 23 heavy (non-hydrogen) atoms. The summed E-state index contributed by atoms with van der Waals surface area (Å²) in [5, 5.41) is 11.5. The number of hydrogen-bond donors (Lipinski definition) is 1. The highest BCUT2D eigenvalue weighted by atomic mass is 32.3. The molecule has 0 radical (unpaired) electrons. The van der Waals surface area contributed by atoms with E-state index in [0.29, 0.717) is 10.8 Å². The third-order valence-electron chi connectivity index (χ3n) is 3.53. The smallest absolute Gasteiger partial charge is 0.302 e. The third kappa shape index (κ3) is 3.67. The Morgan fingerprint density at radius 1 is 1.35 bits per heavy atom. The summed E-state index contributed by atoms with van der Waals surface area (Å²) in [5.41, 5.74) is 1.44. The number of carbonyl (C=O) groups is 1. The molecule has 3 rings (SSSR count). The zero-order valence-electron chi connectivity index (χ0n) is 11.8. The van der Waals surface area contributed by atoms with E-state index in [0.717, 1.165) is 5.56 Å². The first-order valence-corrected chi connectivity index (χ1v) is 9.23. The first-order valence-electron chi connectivity index (χ1n) is 6.79. The van der Waals surface area contributed by atoms with Crippen molar-refractivity contribution in [3.05, 3.63) is 29.6 Å². The van der Waals surface area contributed by atoms with Crippen molar-refractivity contribution in [1.82, 2.24) is 4.98 Å². The molecule has 1 atom stereocenters. The van der Waals surface area contributed by atoms with Crippen molar-refractivity contribution in [3.8, 4) is 17.0 Å². The van der Waals surface area contributed by atoms with Gasteiger partial charge in [-0.1, -0.05) is 0 Å². The predicted molar refractivity (Wildman–Crippen MR) is 84.6 cm³/mol. The Bertz CT molecular complexity index is 833. The first kappa shape index (κ1) is 15.9. The van der Waals surface area contributed by atoms with Gasteiger partial charge in [0, 0.05) is 29.8 Å². The summed E-state index contributed by atoms with van der Waals surface area (Å²) in [6.45, 7) is 0.143. The van der Waals surface area contributed by atoms with Crippen LogP contribution >= 0.6 is 11.3 Å². The Hall–Kier alpha value is -2.00. The fourth-order valence-electron chi connectivity index (χ4n) is 2.51. The Balaban J connectivity index is 1.78. The van der Waals surface area contributed by atoms with Crippen LogP contribution < -0.4 is 4.90 Å². The summed E-state index contributed by atoms with van der Waals surface area (Å²) in [5.74, 6) is -1.32. The van der Waals surface area contributed by atoms with E-state index in [9.17, 15) is 22.2 Å². The van der Waals surface area contributed by atoms with Crippen LogP contribution in [-0.4, -0.2) is 36.7 Å². The number of halogens is 1. The minimum Gasteiger partial charge on any atom is -0.508 e. The molecule has 0 spiro atoms. The highest BCUT2D eigenvalue weighted by Gasteiger charge is 2.35. The van der Waals surface area contributed by atoms with Crippen LogP contribution in [0.5, 0.6) is 5.75 Å². The minimum absolute atomic E-state index is 0.00271. The van der Waals surface area contributed by atoms with Gasteiger partial charge in [0.05, 0.1) is 11.4 Å². The van der Waals surface area contributed by atoms with Gasteiger partial charge in [0.25, 0.3) is 0 Å².